The van der Waals surface area contributed by atoms with Gasteiger partial charge in [0.25, 0.3) is 0 Å². The van der Waals surface area contributed by atoms with Crippen LogP contribution in [0.25, 0.3) is 0 Å². The third kappa shape index (κ3) is 2.51. The minimum Gasteiger partial charge on any atom is -0.396 e. The van der Waals surface area contributed by atoms with Gasteiger partial charge in [0.15, 0.2) is 0 Å². The first kappa shape index (κ1) is 11.9. The molecule has 0 aromatic rings. The fourth-order valence-electron chi connectivity index (χ4n) is 3.72. The monoisotopic (exact) mass is 238 g/mol. The first-order valence-electron chi connectivity index (χ1n) is 7.41. The van der Waals surface area contributed by atoms with Crippen molar-refractivity contribution in [3.05, 3.63) is 0 Å². The van der Waals surface area contributed by atoms with E-state index in [-0.39, 0.29) is 5.41 Å². The van der Waals surface area contributed by atoms with Gasteiger partial charge in [0.05, 0.1) is 0 Å². The standard InChI is InChI=1S/C14H26N2O/c17-10-14(6-7-14)9-16-13-4-1-3-11(13)12-5-2-8-15-12/h11-13,15-17H,1-10H2. The molecule has 3 N–H and O–H groups in total. The highest BCUT2D eigenvalue weighted by atomic mass is 16.3. The number of hydrogen-bond acceptors (Lipinski definition) is 3. The molecule has 3 unspecified atom stereocenters. The van der Waals surface area contributed by atoms with Crippen molar-refractivity contribution >= 4 is 0 Å². The lowest BCUT2D eigenvalue weighted by molar-refractivity contribution is 0.197. The van der Waals surface area contributed by atoms with Gasteiger partial charge in [-0.1, -0.05) is 6.42 Å². The van der Waals surface area contributed by atoms with Crippen molar-refractivity contribution < 1.29 is 5.11 Å². The second-order valence-electron chi connectivity index (χ2n) is 6.44. The highest BCUT2D eigenvalue weighted by molar-refractivity contribution is 4.98. The van der Waals surface area contributed by atoms with E-state index < -0.39 is 0 Å². The molecule has 0 radical (unpaired) electrons. The Kier molecular flexibility index (Phi) is 3.42. The summed E-state index contributed by atoms with van der Waals surface area (Å²) >= 11 is 0. The number of aliphatic hydroxyl groups is 1. The van der Waals surface area contributed by atoms with Gasteiger partial charge < -0.3 is 15.7 Å². The van der Waals surface area contributed by atoms with E-state index in [1.807, 2.05) is 0 Å². The van der Waals surface area contributed by atoms with Crippen LogP contribution in [0.5, 0.6) is 0 Å². The fraction of sp³-hybridized carbons (Fsp3) is 1.00. The van der Waals surface area contributed by atoms with Crippen molar-refractivity contribution in [1.82, 2.24) is 10.6 Å². The van der Waals surface area contributed by atoms with Crippen LogP contribution >= 0.6 is 0 Å². The van der Waals surface area contributed by atoms with Crippen LogP contribution in [0.4, 0.5) is 0 Å². The highest BCUT2D eigenvalue weighted by Crippen LogP contribution is 2.45. The van der Waals surface area contributed by atoms with Crippen molar-refractivity contribution in [1.29, 1.82) is 0 Å². The second kappa shape index (κ2) is 4.87. The van der Waals surface area contributed by atoms with Crippen molar-refractivity contribution in [2.24, 2.45) is 11.3 Å². The van der Waals surface area contributed by atoms with E-state index in [1.165, 1.54) is 51.5 Å². The van der Waals surface area contributed by atoms with Crippen LogP contribution in [-0.4, -0.2) is 36.9 Å². The van der Waals surface area contributed by atoms with Gasteiger partial charge in [-0.25, -0.2) is 0 Å². The van der Waals surface area contributed by atoms with E-state index in [2.05, 4.69) is 10.6 Å². The first-order chi connectivity index (χ1) is 8.33. The zero-order valence-electron chi connectivity index (χ0n) is 10.8. The highest BCUT2D eigenvalue weighted by Gasteiger charge is 2.43. The Morgan fingerprint density at radius 3 is 2.71 bits per heavy atom. The molecule has 1 aliphatic heterocycles. The van der Waals surface area contributed by atoms with Crippen LogP contribution in [-0.2, 0) is 0 Å². The quantitative estimate of drug-likeness (QED) is 0.676. The summed E-state index contributed by atoms with van der Waals surface area (Å²) in [6.45, 7) is 2.63. The Morgan fingerprint density at radius 2 is 2.06 bits per heavy atom. The molecule has 3 aliphatic rings. The molecule has 0 amide bonds. The Morgan fingerprint density at radius 1 is 1.18 bits per heavy atom. The summed E-state index contributed by atoms with van der Waals surface area (Å²) in [5, 5.41) is 16.8. The smallest absolute Gasteiger partial charge is 0.0499 e. The first-order valence-corrected chi connectivity index (χ1v) is 7.41. The maximum Gasteiger partial charge on any atom is 0.0499 e. The molecule has 17 heavy (non-hydrogen) atoms. The minimum atomic E-state index is 0.260. The largest absolute Gasteiger partial charge is 0.396 e. The Hall–Kier alpha value is -0.120. The number of nitrogens with one attached hydrogen (secondary N) is 2. The Labute approximate surface area is 104 Å². The Bertz CT molecular complexity index is 259. The average molecular weight is 238 g/mol. The van der Waals surface area contributed by atoms with E-state index >= 15 is 0 Å². The van der Waals surface area contributed by atoms with Gasteiger partial charge in [0, 0.05) is 30.7 Å². The van der Waals surface area contributed by atoms with Crippen LogP contribution < -0.4 is 10.6 Å². The van der Waals surface area contributed by atoms with Crippen molar-refractivity contribution in [3.63, 3.8) is 0 Å². The third-order valence-corrected chi connectivity index (χ3v) is 5.22. The summed E-state index contributed by atoms with van der Waals surface area (Å²) in [6, 6.07) is 1.47. The maximum atomic E-state index is 9.36. The molecule has 3 atom stereocenters. The van der Waals surface area contributed by atoms with Gasteiger partial charge in [0.2, 0.25) is 0 Å². The molecule has 0 bridgehead atoms. The van der Waals surface area contributed by atoms with Gasteiger partial charge in [0.1, 0.15) is 0 Å². The minimum absolute atomic E-state index is 0.260. The second-order valence-corrected chi connectivity index (χ2v) is 6.44. The Balaban J connectivity index is 1.51. The molecule has 0 spiro atoms. The zero-order chi connectivity index (χ0) is 11.7. The van der Waals surface area contributed by atoms with E-state index in [1.54, 1.807) is 0 Å². The van der Waals surface area contributed by atoms with Crippen LogP contribution in [0.3, 0.4) is 0 Å². The van der Waals surface area contributed by atoms with E-state index in [0.29, 0.717) is 12.6 Å². The van der Waals surface area contributed by atoms with Gasteiger partial charge >= 0.3 is 0 Å². The van der Waals surface area contributed by atoms with Gasteiger partial charge in [-0.3, -0.25) is 0 Å². The summed E-state index contributed by atoms with van der Waals surface area (Å²) < 4.78 is 0. The van der Waals surface area contributed by atoms with E-state index in [9.17, 15) is 5.11 Å². The van der Waals surface area contributed by atoms with Gasteiger partial charge in [-0.2, -0.15) is 0 Å². The van der Waals surface area contributed by atoms with Crippen LogP contribution in [0.1, 0.15) is 44.9 Å². The summed E-state index contributed by atoms with van der Waals surface area (Å²) in [7, 11) is 0. The summed E-state index contributed by atoms with van der Waals surface area (Å²) in [4.78, 5) is 0. The van der Waals surface area contributed by atoms with Crippen molar-refractivity contribution in [2.45, 2.75) is 57.0 Å². The molecule has 3 rings (SSSR count). The van der Waals surface area contributed by atoms with Crippen molar-refractivity contribution in [3.8, 4) is 0 Å². The normalized spacial score (nSPS) is 39.7. The molecule has 3 heteroatoms. The molecule has 2 saturated carbocycles. The average Bonchev–Trinajstić information content (AvgIpc) is 2.81. The lowest BCUT2D eigenvalue weighted by Crippen LogP contribution is -2.44. The van der Waals surface area contributed by atoms with Crippen molar-refractivity contribution in [2.75, 3.05) is 19.7 Å². The summed E-state index contributed by atoms with van der Waals surface area (Å²) in [6.07, 6.45) is 9.27. The molecule has 98 valence electrons. The lowest BCUT2D eigenvalue weighted by atomic mass is 9.92. The molecule has 1 heterocycles. The van der Waals surface area contributed by atoms with Crippen LogP contribution in [0, 0.1) is 11.3 Å². The van der Waals surface area contributed by atoms with E-state index in [4.69, 9.17) is 0 Å². The molecule has 2 aliphatic carbocycles. The topological polar surface area (TPSA) is 44.3 Å². The molecular formula is C14H26N2O. The molecular weight excluding hydrogens is 212 g/mol. The third-order valence-electron chi connectivity index (χ3n) is 5.22. The molecule has 0 aromatic heterocycles. The molecule has 3 fully saturated rings. The summed E-state index contributed by atoms with van der Waals surface area (Å²) in [5.41, 5.74) is 0.260. The molecule has 1 saturated heterocycles. The fourth-order valence-corrected chi connectivity index (χ4v) is 3.72. The summed E-state index contributed by atoms with van der Waals surface area (Å²) in [5.74, 6) is 0.840. The molecule has 0 aromatic carbocycles. The zero-order valence-corrected chi connectivity index (χ0v) is 10.8. The predicted octanol–water partition coefficient (Wildman–Crippen LogP) is 1.27. The van der Waals surface area contributed by atoms with Gasteiger partial charge in [-0.05, 0) is 51.0 Å². The predicted molar refractivity (Wildman–Crippen MR) is 68.9 cm³/mol. The van der Waals surface area contributed by atoms with Gasteiger partial charge in [-0.15, -0.1) is 0 Å². The lowest BCUT2D eigenvalue weighted by Gasteiger charge is -2.28. The van der Waals surface area contributed by atoms with E-state index in [0.717, 1.165) is 18.5 Å². The van der Waals surface area contributed by atoms with Crippen LogP contribution in [0.15, 0.2) is 0 Å². The number of aliphatic hydroxyl groups excluding tert-OH is 1. The van der Waals surface area contributed by atoms with Crippen LogP contribution in [0.2, 0.25) is 0 Å². The SMILES string of the molecule is OCC1(CNC2CCCC2C2CCCN2)CC1. The number of hydrogen-bond donors (Lipinski definition) is 3. The molecule has 3 nitrogen and oxygen atoms in total. The number of rotatable bonds is 5. The maximum absolute atomic E-state index is 9.36.